The lowest BCUT2D eigenvalue weighted by molar-refractivity contribution is 0.409. The van der Waals surface area contributed by atoms with Crippen LogP contribution in [0.25, 0.3) is 0 Å². The lowest BCUT2D eigenvalue weighted by Crippen LogP contribution is -2.33. The van der Waals surface area contributed by atoms with Gasteiger partial charge < -0.3 is 0 Å². The van der Waals surface area contributed by atoms with E-state index in [1.165, 1.54) is 0 Å². The van der Waals surface area contributed by atoms with Gasteiger partial charge in [-0.25, -0.2) is 12.7 Å². The largest absolute Gasteiger partial charge is 0.218 e. The molecule has 0 fully saturated rings. The summed E-state index contributed by atoms with van der Waals surface area (Å²) in [6.07, 6.45) is 1.67. The lowest BCUT2D eigenvalue weighted by Gasteiger charge is -2.21. The van der Waals surface area contributed by atoms with Gasteiger partial charge in [0.1, 0.15) is 0 Å². The molecule has 0 aliphatic carbocycles. The van der Waals surface area contributed by atoms with Crippen molar-refractivity contribution in [1.82, 2.24) is 4.31 Å². The van der Waals surface area contributed by atoms with Gasteiger partial charge in [-0.15, -0.1) is 11.6 Å². The van der Waals surface area contributed by atoms with Crippen LogP contribution >= 0.6 is 11.6 Å². The zero-order valence-corrected chi connectivity index (χ0v) is 13.2. The van der Waals surface area contributed by atoms with E-state index in [2.05, 4.69) is 0 Å². The minimum Gasteiger partial charge on any atom is -0.212 e. The van der Waals surface area contributed by atoms with Gasteiger partial charge in [0.2, 0.25) is 10.0 Å². The Hall–Kier alpha value is -0.580. The fourth-order valence-corrected chi connectivity index (χ4v) is 3.86. The summed E-state index contributed by atoms with van der Waals surface area (Å²) in [5.74, 6) is 0.458. The molecule has 108 valence electrons. The summed E-state index contributed by atoms with van der Waals surface area (Å²) < 4.78 is 26.3. The third kappa shape index (κ3) is 5.13. The summed E-state index contributed by atoms with van der Waals surface area (Å²) in [5, 5.41) is 0. The number of benzene rings is 1. The van der Waals surface area contributed by atoms with Crippen molar-refractivity contribution in [2.45, 2.75) is 38.3 Å². The van der Waals surface area contributed by atoms with E-state index < -0.39 is 10.0 Å². The first-order valence-corrected chi connectivity index (χ1v) is 8.79. The average Bonchev–Trinajstić information content (AvgIpc) is 2.38. The van der Waals surface area contributed by atoms with E-state index in [-0.39, 0.29) is 5.75 Å². The quantitative estimate of drug-likeness (QED) is 0.690. The van der Waals surface area contributed by atoms with E-state index in [4.69, 9.17) is 11.6 Å². The maximum absolute atomic E-state index is 12.4. The Morgan fingerprint density at radius 1 is 1.11 bits per heavy atom. The molecular weight excluding hydrogens is 282 g/mol. The molecule has 0 radical (unpaired) electrons. The minimum atomic E-state index is -3.23. The highest BCUT2D eigenvalue weighted by Gasteiger charge is 2.20. The second-order valence-electron chi connectivity index (χ2n) is 4.61. The highest BCUT2D eigenvalue weighted by molar-refractivity contribution is 7.88. The average molecular weight is 304 g/mol. The predicted molar refractivity (Wildman–Crippen MR) is 80.8 cm³/mol. The zero-order chi connectivity index (χ0) is 14.3. The molecular formula is C14H22ClNO2S. The van der Waals surface area contributed by atoms with Gasteiger partial charge in [0, 0.05) is 19.0 Å². The van der Waals surface area contributed by atoms with Gasteiger partial charge in [-0.05, 0) is 24.0 Å². The second-order valence-corrected chi connectivity index (χ2v) is 6.85. The van der Waals surface area contributed by atoms with Crippen molar-refractivity contribution in [2.75, 3.05) is 13.1 Å². The molecule has 3 nitrogen and oxygen atoms in total. The van der Waals surface area contributed by atoms with Crippen LogP contribution < -0.4 is 0 Å². The van der Waals surface area contributed by atoms with Gasteiger partial charge in [-0.2, -0.15) is 0 Å². The van der Waals surface area contributed by atoms with Crippen LogP contribution in [0.2, 0.25) is 0 Å². The zero-order valence-electron chi connectivity index (χ0n) is 11.6. The first kappa shape index (κ1) is 16.5. The van der Waals surface area contributed by atoms with Crippen molar-refractivity contribution in [3.8, 4) is 0 Å². The molecule has 0 saturated carbocycles. The summed E-state index contributed by atoms with van der Waals surface area (Å²) in [6, 6.07) is 7.45. The molecule has 0 bridgehead atoms. The molecule has 0 spiro atoms. The molecule has 1 aromatic rings. The fourth-order valence-electron chi connectivity index (χ4n) is 1.99. The van der Waals surface area contributed by atoms with Crippen LogP contribution in [-0.4, -0.2) is 25.8 Å². The van der Waals surface area contributed by atoms with Crippen molar-refractivity contribution >= 4 is 21.6 Å². The van der Waals surface area contributed by atoms with Crippen molar-refractivity contribution in [2.24, 2.45) is 0 Å². The molecule has 19 heavy (non-hydrogen) atoms. The number of nitrogens with zero attached hydrogens (tertiary/aromatic N) is 1. The number of rotatable bonds is 8. The molecule has 1 rings (SSSR count). The monoisotopic (exact) mass is 303 g/mol. The molecule has 0 aromatic heterocycles. The molecule has 0 saturated heterocycles. The maximum atomic E-state index is 12.4. The fraction of sp³-hybridized carbons (Fsp3) is 0.571. The second kappa shape index (κ2) is 7.88. The maximum Gasteiger partial charge on any atom is 0.218 e. The Balaban J connectivity index is 2.87. The topological polar surface area (TPSA) is 37.4 Å². The molecule has 0 unspecified atom stereocenters. The van der Waals surface area contributed by atoms with E-state index in [1.807, 2.05) is 38.1 Å². The van der Waals surface area contributed by atoms with Gasteiger partial charge in [-0.3, -0.25) is 0 Å². The highest BCUT2D eigenvalue weighted by Crippen LogP contribution is 2.14. The Kier molecular flexibility index (Phi) is 6.83. The Morgan fingerprint density at radius 3 is 2.21 bits per heavy atom. The van der Waals surface area contributed by atoms with Gasteiger partial charge >= 0.3 is 0 Å². The molecule has 1 aromatic carbocycles. The van der Waals surface area contributed by atoms with Gasteiger partial charge in [0.25, 0.3) is 0 Å². The first-order valence-electron chi connectivity index (χ1n) is 6.65. The summed E-state index contributed by atoms with van der Waals surface area (Å²) in [4.78, 5) is 0. The molecule has 0 amide bonds. The van der Waals surface area contributed by atoms with Crippen LogP contribution in [0.15, 0.2) is 24.3 Å². The van der Waals surface area contributed by atoms with Crippen molar-refractivity contribution in [3.63, 3.8) is 0 Å². The van der Waals surface area contributed by atoms with E-state index >= 15 is 0 Å². The molecule has 0 atom stereocenters. The minimum absolute atomic E-state index is 0.0533. The van der Waals surface area contributed by atoms with Crippen LogP contribution in [0.3, 0.4) is 0 Å². The lowest BCUT2D eigenvalue weighted by atomic mass is 10.2. The van der Waals surface area contributed by atoms with Crippen molar-refractivity contribution in [3.05, 3.63) is 35.4 Å². The summed E-state index contributed by atoms with van der Waals surface area (Å²) >= 11 is 5.77. The third-order valence-corrected chi connectivity index (χ3v) is 4.99. The molecule has 0 aliphatic heterocycles. The Labute approximate surface area is 121 Å². The highest BCUT2D eigenvalue weighted by atomic mass is 35.5. The van der Waals surface area contributed by atoms with Crippen LogP contribution in [-0.2, 0) is 21.7 Å². The normalized spacial score (nSPS) is 12.0. The first-order chi connectivity index (χ1) is 9.03. The third-order valence-electron chi connectivity index (χ3n) is 2.83. The number of hydrogen-bond donors (Lipinski definition) is 0. The van der Waals surface area contributed by atoms with Crippen LogP contribution in [0.5, 0.6) is 0 Å². The molecule has 5 heteroatoms. The van der Waals surface area contributed by atoms with Crippen molar-refractivity contribution < 1.29 is 8.42 Å². The summed E-state index contributed by atoms with van der Waals surface area (Å²) in [6.45, 7) is 5.16. The van der Waals surface area contributed by atoms with Crippen LogP contribution in [0, 0.1) is 0 Å². The SMILES string of the molecule is CCCN(CCC)S(=O)(=O)Cc1cccc(CCl)c1. The van der Waals surface area contributed by atoms with Gasteiger partial charge in [-0.1, -0.05) is 38.1 Å². The van der Waals surface area contributed by atoms with Crippen molar-refractivity contribution in [1.29, 1.82) is 0 Å². The number of halogens is 1. The predicted octanol–water partition coefficient (Wildman–Crippen LogP) is 3.38. The number of alkyl halides is 1. The van der Waals surface area contributed by atoms with Gasteiger partial charge in [0.05, 0.1) is 5.75 Å². The standard InChI is InChI=1S/C14H22ClNO2S/c1-3-8-16(9-4-2)19(17,18)12-14-7-5-6-13(10-14)11-15/h5-7,10H,3-4,8-9,11-12H2,1-2H3. The smallest absolute Gasteiger partial charge is 0.212 e. The number of sulfonamides is 1. The van der Waals surface area contributed by atoms with E-state index in [0.717, 1.165) is 24.0 Å². The summed E-state index contributed by atoms with van der Waals surface area (Å²) in [7, 11) is -3.23. The van der Waals surface area contributed by atoms with E-state index in [1.54, 1.807) is 4.31 Å². The molecule has 0 N–H and O–H groups in total. The molecule has 0 aliphatic rings. The van der Waals surface area contributed by atoms with Gasteiger partial charge in [0.15, 0.2) is 0 Å². The van der Waals surface area contributed by atoms with Crippen LogP contribution in [0.1, 0.15) is 37.8 Å². The molecule has 0 heterocycles. The summed E-state index contributed by atoms with van der Waals surface area (Å²) in [5.41, 5.74) is 1.75. The number of hydrogen-bond acceptors (Lipinski definition) is 2. The Morgan fingerprint density at radius 2 is 1.68 bits per heavy atom. The van der Waals surface area contributed by atoms with E-state index in [9.17, 15) is 8.42 Å². The Bertz CT molecular complexity index is 482. The van der Waals surface area contributed by atoms with E-state index in [0.29, 0.717) is 19.0 Å². The van der Waals surface area contributed by atoms with Crippen LogP contribution in [0.4, 0.5) is 0 Å².